The number of hydrogen-bond acceptors (Lipinski definition) is 9. The second-order valence-corrected chi connectivity index (χ2v) is 9.85. The third kappa shape index (κ3) is 3.59. The number of nitrogens with zero attached hydrogens (tertiary/aromatic N) is 7. The molecule has 7 rings (SSSR count). The van der Waals surface area contributed by atoms with Crippen molar-refractivity contribution in [2.45, 2.75) is 43.7 Å². The number of fused-ring (bicyclic) bond motifs is 2. The first-order chi connectivity index (χ1) is 18.5. The van der Waals surface area contributed by atoms with E-state index in [-0.39, 0.29) is 11.6 Å². The molecule has 2 N–H and O–H groups in total. The molecule has 194 valence electrons. The highest BCUT2D eigenvalue weighted by Crippen LogP contribution is 2.42. The van der Waals surface area contributed by atoms with Crippen LogP contribution in [0.3, 0.4) is 0 Å². The lowest BCUT2D eigenvalue weighted by Crippen LogP contribution is -2.39. The van der Waals surface area contributed by atoms with Crippen molar-refractivity contribution < 1.29 is 14.6 Å². The molecule has 12 heteroatoms. The normalized spacial score (nSPS) is 19.0. The zero-order valence-electron chi connectivity index (χ0n) is 20.9. The molecule has 2 atom stereocenters. The number of pyridine rings is 2. The minimum Gasteiger partial charge on any atom is -0.491 e. The van der Waals surface area contributed by atoms with Gasteiger partial charge in [0.05, 0.1) is 37.8 Å². The number of hydrogen-bond donors (Lipinski definition) is 2. The highest BCUT2D eigenvalue weighted by atomic mass is 16.5. The van der Waals surface area contributed by atoms with Crippen LogP contribution in [0.1, 0.15) is 43.2 Å². The van der Waals surface area contributed by atoms with Gasteiger partial charge < -0.3 is 29.0 Å². The summed E-state index contributed by atoms with van der Waals surface area (Å²) in [6.07, 6.45) is 13.3. The SMILES string of the molecule is COc1c(Oc2cnn3ccncc23)cnc2nc(Nc3cc(C4CC4)cn([C@H]4CC[C@@H]4O)c3=O)n(C)c12. The van der Waals surface area contributed by atoms with Gasteiger partial charge in [0.1, 0.15) is 16.7 Å². The fourth-order valence-corrected chi connectivity index (χ4v) is 5.02. The molecule has 0 aliphatic heterocycles. The zero-order chi connectivity index (χ0) is 26.0. The first-order valence-electron chi connectivity index (χ1n) is 12.6. The largest absolute Gasteiger partial charge is 0.491 e. The van der Waals surface area contributed by atoms with Gasteiger partial charge >= 0.3 is 0 Å². The number of anilines is 2. The summed E-state index contributed by atoms with van der Waals surface area (Å²) in [5.41, 5.74) is 3.07. The second-order valence-electron chi connectivity index (χ2n) is 9.85. The summed E-state index contributed by atoms with van der Waals surface area (Å²) in [6, 6.07) is 1.71. The van der Waals surface area contributed by atoms with Crippen molar-refractivity contribution >= 4 is 28.3 Å². The van der Waals surface area contributed by atoms with Crippen LogP contribution < -0.4 is 20.3 Å². The minimum atomic E-state index is -0.499. The van der Waals surface area contributed by atoms with Crippen LogP contribution in [0, 0.1) is 0 Å². The van der Waals surface area contributed by atoms with Crippen LogP contribution in [0.4, 0.5) is 11.6 Å². The van der Waals surface area contributed by atoms with E-state index >= 15 is 0 Å². The Balaban J connectivity index is 1.28. The van der Waals surface area contributed by atoms with Gasteiger partial charge in [0.25, 0.3) is 5.56 Å². The van der Waals surface area contributed by atoms with Crippen molar-refractivity contribution in [3.05, 3.63) is 59.2 Å². The summed E-state index contributed by atoms with van der Waals surface area (Å²) < 4.78 is 17.0. The molecule has 12 nitrogen and oxygen atoms in total. The highest BCUT2D eigenvalue weighted by Gasteiger charge is 2.33. The maximum Gasteiger partial charge on any atom is 0.274 e. The number of ether oxygens (including phenoxy) is 2. The molecule has 5 aromatic rings. The van der Waals surface area contributed by atoms with E-state index < -0.39 is 6.10 Å². The maximum atomic E-state index is 13.4. The first-order valence-corrected chi connectivity index (χ1v) is 12.6. The molecule has 0 spiro atoms. The van der Waals surface area contributed by atoms with E-state index in [0.29, 0.717) is 57.9 Å². The Bertz CT molecular complexity index is 1750. The van der Waals surface area contributed by atoms with Gasteiger partial charge in [-0.25, -0.2) is 9.50 Å². The third-order valence-corrected chi connectivity index (χ3v) is 7.45. The van der Waals surface area contributed by atoms with E-state index in [1.807, 2.05) is 19.3 Å². The quantitative estimate of drug-likeness (QED) is 0.336. The van der Waals surface area contributed by atoms with E-state index in [1.165, 1.54) is 0 Å². The zero-order valence-corrected chi connectivity index (χ0v) is 20.9. The van der Waals surface area contributed by atoms with Crippen molar-refractivity contribution in [3.8, 4) is 17.2 Å². The van der Waals surface area contributed by atoms with E-state index in [0.717, 1.165) is 24.8 Å². The Labute approximate surface area is 216 Å². The Morgan fingerprint density at radius 3 is 2.74 bits per heavy atom. The highest BCUT2D eigenvalue weighted by molar-refractivity contribution is 5.85. The van der Waals surface area contributed by atoms with E-state index in [1.54, 1.807) is 51.7 Å². The molecule has 0 aromatic carbocycles. The van der Waals surface area contributed by atoms with Gasteiger partial charge in [-0.15, -0.1) is 0 Å². The lowest BCUT2D eigenvalue weighted by Gasteiger charge is -2.34. The van der Waals surface area contributed by atoms with Crippen LogP contribution >= 0.6 is 0 Å². The monoisotopic (exact) mass is 514 g/mol. The number of aromatic nitrogens is 7. The summed E-state index contributed by atoms with van der Waals surface area (Å²) >= 11 is 0. The average molecular weight is 515 g/mol. The Morgan fingerprint density at radius 2 is 2.00 bits per heavy atom. The van der Waals surface area contributed by atoms with E-state index in [4.69, 9.17) is 9.47 Å². The Kier molecular flexibility index (Phi) is 5.11. The van der Waals surface area contributed by atoms with Gasteiger partial charge in [0.15, 0.2) is 22.9 Å². The summed E-state index contributed by atoms with van der Waals surface area (Å²) in [7, 11) is 3.38. The van der Waals surface area contributed by atoms with Gasteiger partial charge in [-0.3, -0.25) is 9.78 Å². The fourth-order valence-electron chi connectivity index (χ4n) is 5.02. The van der Waals surface area contributed by atoms with Crippen LogP contribution in [-0.2, 0) is 7.05 Å². The first kappa shape index (κ1) is 22.7. The van der Waals surface area contributed by atoms with Gasteiger partial charge in [-0.2, -0.15) is 10.1 Å². The topological polar surface area (TPSA) is 134 Å². The number of nitrogens with one attached hydrogen (secondary N) is 1. The molecule has 2 aliphatic rings. The lowest BCUT2D eigenvalue weighted by atomic mass is 9.88. The predicted octanol–water partition coefficient (Wildman–Crippen LogP) is 3.29. The molecule has 5 heterocycles. The second kappa shape index (κ2) is 8.55. The molecule has 0 unspecified atom stereocenters. The molecule has 5 aromatic heterocycles. The predicted molar refractivity (Wildman–Crippen MR) is 138 cm³/mol. The summed E-state index contributed by atoms with van der Waals surface area (Å²) in [5.74, 6) is 2.23. The van der Waals surface area contributed by atoms with Crippen LogP contribution in [0.5, 0.6) is 17.2 Å². The molecular formula is C26H26N8O4. The van der Waals surface area contributed by atoms with Crippen molar-refractivity contribution in [1.82, 2.24) is 33.7 Å². The molecule has 38 heavy (non-hydrogen) atoms. The number of imidazole rings is 1. The lowest BCUT2D eigenvalue weighted by molar-refractivity contribution is 0.0299. The van der Waals surface area contributed by atoms with Gasteiger partial charge in [-0.05, 0) is 43.2 Å². The van der Waals surface area contributed by atoms with Crippen molar-refractivity contribution in [2.24, 2.45) is 7.05 Å². The molecule has 0 amide bonds. The Morgan fingerprint density at radius 1 is 1.13 bits per heavy atom. The van der Waals surface area contributed by atoms with Crippen LogP contribution in [0.15, 0.2) is 48.0 Å². The average Bonchev–Trinajstić information content (AvgIpc) is 3.63. The minimum absolute atomic E-state index is 0.184. The van der Waals surface area contributed by atoms with Crippen molar-refractivity contribution in [2.75, 3.05) is 12.4 Å². The molecule has 2 saturated carbocycles. The fraction of sp³-hybridized carbons (Fsp3) is 0.346. The van der Waals surface area contributed by atoms with Gasteiger partial charge in [0.2, 0.25) is 5.95 Å². The molecule has 0 bridgehead atoms. The molecule has 2 aliphatic carbocycles. The molecular weight excluding hydrogens is 488 g/mol. The van der Waals surface area contributed by atoms with Crippen molar-refractivity contribution in [3.63, 3.8) is 0 Å². The summed E-state index contributed by atoms with van der Waals surface area (Å²) in [5, 5.41) is 17.8. The number of methoxy groups -OCH3 is 1. The standard InChI is InChI=1S/C26H26N8O4/c1-32-22-23(37-2)21(38-20-12-29-34-8-7-27-10-18(20)34)11-28-24(22)31-26(32)30-16-9-15(14-3-4-14)13-33(25(16)36)17-5-6-19(17)35/h7-14,17,19,35H,3-6H2,1-2H3,(H,28,30,31)/t17-,19-/m0/s1. The number of rotatable bonds is 7. The molecule has 2 fully saturated rings. The third-order valence-electron chi connectivity index (χ3n) is 7.45. The van der Waals surface area contributed by atoms with Gasteiger partial charge in [0, 0.05) is 25.6 Å². The summed E-state index contributed by atoms with van der Waals surface area (Å²) in [6.45, 7) is 0. The smallest absolute Gasteiger partial charge is 0.274 e. The van der Waals surface area contributed by atoms with Crippen LogP contribution in [-0.4, -0.2) is 52.0 Å². The molecule has 0 saturated heterocycles. The number of aliphatic hydroxyl groups excluding tert-OH is 1. The van der Waals surface area contributed by atoms with Crippen LogP contribution in [0.2, 0.25) is 0 Å². The Hall–Kier alpha value is -4.45. The van der Waals surface area contributed by atoms with Crippen molar-refractivity contribution in [1.29, 1.82) is 0 Å². The van der Waals surface area contributed by atoms with Crippen LogP contribution in [0.25, 0.3) is 16.7 Å². The summed E-state index contributed by atoms with van der Waals surface area (Å²) in [4.78, 5) is 26.7. The van der Waals surface area contributed by atoms with E-state index in [2.05, 4.69) is 25.4 Å². The van der Waals surface area contributed by atoms with E-state index in [9.17, 15) is 9.90 Å². The van der Waals surface area contributed by atoms with Gasteiger partial charge in [-0.1, -0.05) is 0 Å². The number of aliphatic hydroxyl groups is 1. The number of aryl methyl sites for hydroxylation is 1. The molecule has 0 radical (unpaired) electrons. The maximum absolute atomic E-state index is 13.4.